The molecular weight excluding hydrogens is 242 g/mol. The summed E-state index contributed by atoms with van der Waals surface area (Å²) < 4.78 is 5.45. The lowest BCUT2D eigenvalue weighted by Gasteiger charge is -2.14. The van der Waals surface area contributed by atoms with Crippen LogP contribution < -0.4 is 5.32 Å². The molecule has 0 aliphatic heterocycles. The number of ether oxygens (including phenoxy) is 1. The first kappa shape index (κ1) is 18.8. The van der Waals surface area contributed by atoms with Crippen molar-refractivity contribution < 1.29 is 14.9 Å². The summed E-state index contributed by atoms with van der Waals surface area (Å²) >= 11 is 0. The fourth-order valence-electron chi connectivity index (χ4n) is 1.82. The predicted molar refractivity (Wildman–Crippen MR) is 79.3 cm³/mol. The number of aliphatic hydroxyl groups is 2. The normalized spacial score (nSPS) is 14.5. The first-order valence-corrected chi connectivity index (χ1v) is 7.78. The van der Waals surface area contributed by atoms with Gasteiger partial charge < -0.3 is 20.3 Å². The summed E-state index contributed by atoms with van der Waals surface area (Å²) in [4.78, 5) is 0. The molecule has 19 heavy (non-hydrogen) atoms. The third-order valence-corrected chi connectivity index (χ3v) is 3.14. The van der Waals surface area contributed by atoms with Gasteiger partial charge in [-0.25, -0.2) is 0 Å². The van der Waals surface area contributed by atoms with Crippen molar-refractivity contribution in [3.8, 4) is 0 Å². The molecule has 0 aromatic heterocycles. The topological polar surface area (TPSA) is 61.7 Å². The summed E-state index contributed by atoms with van der Waals surface area (Å²) in [5.74, 6) is 0.233. The fraction of sp³-hybridized carbons (Fsp3) is 1.00. The Morgan fingerprint density at radius 2 is 1.74 bits per heavy atom. The van der Waals surface area contributed by atoms with E-state index in [4.69, 9.17) is 9.84 Å². The summed E-state index contributed by atoms with van der Waals surface area (Å²) in [5.41, 5.74) is 0. The molecule has 0 aromatic carbocycles. The highest BCUT2D eigenvalue weighted by Gasteiger charge is 2.05. The highest BCUT2D eigenvalue weighted by molar-refractivity contribution is 4.61. The molecule has 0 saturated heterocycles. The molecule has 0 spiro atoms. The van der Waals surface area contributed by atoms with Crippen LogP contribution in [0, 0.1) is 5.92 Å². The number of nitrogens with one attached hydrogen (secondary N) is 1. The van der Waals surface area contributed by atoms with Crippen LogP contribution in [-0.4, -0.2) is 49.2 Å². The molecule has 116 valence electrons. The van der Waals surface area contributed by atoms with Crippen molar-refractivity contribution in [2.45, 2.75) is 58.5 Å². The second-order valence-corrected chi connectivity index (χ2v) is 5.44. The van der Waals surface area contributed by atoms with Gasteiger partial charge in [0.15, 0.2) is 0 Å². The molecule has 0 heterocycles. The molecule has 0 aliphatic carbocycles. The SMILES string of the molecule is CCCCCCCCOCC(O)CNCC(C)CO. The Bertz CT molecular complexity index is 179. The summed E-state index contributed by atoms with van der Waals surface area (Å²) in [5, 5.41) is 21.6. The number of rotatable bonds is 14. The van der Waals surface area contributed by atoms with Crippen molar-refractivity contribution in [3.05, 3.63) is 0 Å². The van der Waals surface area contributed by atoms with E-state index in [-0.39, 0.29) is 12.5 Å². The van der Waals surface area contributed by atoms with Gasteiger partial charge in [-0.3, -0.25) is 0 Å². The van der Waals surface area contributed by atoms with Crippen molar-refractivity contribution in [3.63, 3.8) is 0 Å². The van der Waals surface area contributed by atoms with Gasteiger partial charge >= 0.3 is 0 Å². The Hall–Kier alpha value is -0.160. The quantitative estimate of drug-likeness (QED) is 0.424. The van der Waals surface area contributed by atoms with Crippen molar-refractivity contribution in [1.82, 2.24) is 5.32 Å². The van der Waals surface area contributed by atoms with Gasteiger partial charge in [-0.15, -0.1) is 0 Å². The third kappa shape index (κ3) is 14.1. The molecule has 2 unspecified atom stereocenters. The lowest BCUT2D eigenvalue weighted by Crippen LogP contribution is -2.33. The van der Waals surface area contributed by atoms with E-state index < -0.39 is 6.10 Å². The molecule has 2 atom stereocenters. The highest BCUT2D eigenvalue weighted by Crippen LogP contribution is 2.04. The molecule has 0 aliphatic rings. The van der Waals surface area contributed by atoms with Crippen LogP contribution in [0.2, 0.25) is 0 Å². The average molecular weight is 275 g/mol. The number of hydrogen-bond acceptors (Lipinski definition) is 4. The van der Waals surface area contributed by atoms with E-state index in [1.165, 1.54) is 32.1 Å². The van der Waals surface area contributed by atoms with Crippen LogP contribution in [0.4, 0.5) is 0 Å². The minimum atomic E-state index is -0.453. The summed E-state index contributed by atoms with van der Waals surface area (Å²) in [6, 6.07) is 0. The fourth-order valence-corrected chi connectivity index (χ4v) is 1.82. The number of aliphatic hydroxyl groups excluding tert-OH is 2. The van der Waals surface area contributed by atoms with Crippen LogP contribution in [0.25, 0.3) is 0 Å². The van der Waals surface area contributed by atoms with E-state index in [1.54, 1.807) is 0 Å². The second-order valence-electron chi connectivity index (χ2n) is 5.44. The molecule has 0 rings (SSSR count). The molecule has 4 heteroatoms. The molecule has 0 amide bonds. The molecule has 0 aromatic rings. The monoisotopic (exact) mass is 275 g/mol. The van der Waals surface area contributed by atoms with Crippen molar-refractivity contribution >= 4 is 0 Å². The van der Waals surface area contributed by atoms with Gasteiger partial charge in [0.25, 0.3) is 0 Å². The Balaban J connectivity index is 3.18. The zero-order valence-electron chi connectivity index (χ0n) is 12.7. The minimum absolute atomic E-state index is 0.178. The van der Waals surface area contributed by atoms with E-state index in [0.29, 0.717) is 13.2 Å². The molecule has 0 fully saturated rings. The lowest BCUT2D eigenvalue weighted by atomic mass is 10.1. The summed E-state index contributed by atoms with van der Waals surface area (Å²) in [7, 11) is 0. The first-order valence-electron chi connectivity index (χ1n) is 7.78. The van der Waals surface area contributed by atoms with Gasteiger partial charge in [-0.2, -0.15) is 0 Å². The lowest BCUT2D eigenvalue weighted by molar-refractivity contribution is 0.0348. The predicted octanol–water partition coefficient (Wildman–Crippen LogP) is 1.94. The number of hydrogen-bond donors (Lipinski definition) is 3. The largest absolute Gasteiger partial charge is 0.396 e. The molecular formula is C15H33NO3. The molecule has 0 radical (unpaired) electrons. The molecule has 0 saturated carbocycles. The van der Waals surface area contributed by atoms with E-state index in [0.717, 1.165) is 19.6 Å². The van der Waals surface area contributed by atoms with Crippen LogP contribution >= 0.6 is 0 Å². The van der Waals surface area contributed by atoms with Gasteiger partial charge in [0.2, 0.25) is 0 Å². The summed E-state index contributed by atoms with van der Waals surface area (Å²) in [6.45, 7) is 6.77. The Kier molecular flexibility index (Phi) is 14.1. The second kappa shape index (κ2) is 14.3. The Morgan fingerprint density at radius 3 is 2.42 bits per heavy atom. The van der Waals surface area contributed by atoms with Crippen LogP contribution in [0.15, 0.2) is 0 Å². The van der Waals surface area contributed by atoms with Crippen LogP contribution in [0.1, 0.15) is 52.4 Å². The van der Waals surface area contributed by atoms with Gasteiger partial charge in [0.05, 0.1) is 12.7 Å². The zero-order chi connectivity index (χ0) is 14.3. The minimum Gasteiger partial charge on any atom is -0.396 e. The van der Waals surface area contributed by atoms with Gasteiger partial charge in [-0.1, -0.05) is 46.0 Å². The van der Waals surface area contributed by atoms with Crippen molar-refractivity contribution in [1.29, 1.82) is 0 Å². The van der Waals surface area contributed by atoms with Gasteiger partial charge in [0.1, 0.15) is 0 Å². The summed E-state index contributed by atoms with van der Waals surface area (Å²) in [6.07, 6.45) is 7.09. The van der Waals surface area contributed by atoms with E-state index in [1.807, 2.05) is 6.92 Å². The Morgan fingerprint density at radius 1 is 1.05 bits per heavy atom. The van der Waals surface area contributed by atoms with Crippen LogP contribution in [0.3, 0.4) is 0 Å². The van der Waals surface area contributed by atoms with Gasteiger partial charge in [0, 0.05) is 19.8 Å². The van der Waals surface area contributed by atoms with Crippen LogP contribution in [0.5, 0.6) is 0 Å². The molecule has 4 nitrogen and oxygen atoms in total. The van der Waals surface area contributed by atoms with Crippen molar-refractivity contribution in [2.75, 3.05) is 32.9 Å². The Labute approximate surface area is 118 Å². The molecule has 3 N–H and O–H groups in total. The standard InChI is InChI=1S/C15H33NO3/c1-3-4-5-6-7-8-9-19-13-15(18)11-16-10-14(2)12-17/h14-18H,3-13H2,1-2H3. The number of unbranched alkanes of at least 4 members (excludes halogenated alkanes) is 5. The first-order chi connectivity index (χ1) is 9.20. The van der Waals surface area contributed by atoms with E-state index in [9.17, 15) is 5.11 Å². The van der Waals surface area contributed by atoms with Crippen LogP contribution in [-0.2, 0) is 4.74 Å². The van der Waals surface area contributed by atoms with Gasteiger partial charge in [-0.05, 0) is 18.9 Å². The van der Waals surface area contributed by atoms with E-state index in [2.05, 4.69) is 12.2 Å². The average Bonchev–Trinajstić information content (AvgIpc) is 2.41. The maximum Gasteiger partial charge on any atom is 0.0897 e. The smallest absolute Gasteiger partial charge is 0.0897 e. The highest BCUT2D eigenvalue weighted by atomic mass is 16.5. The maximum absolute atomic E-state index is 9.66. The van der Waals surface area contributed by atoms with Crippen molar-refractivity contribution in [2.24, 2.45) is 5.92 Å². The molecule has 0 bridgehead atoms. The zero-order valence-corrected chi connectivity index (χ0v) is 12.7. The van der Waals surface area contributed by atoms with E-state index >= 15 is 0 Å². The maximum atomic E-state index is 9.66. The third-order valence-electron chi connectivity index (χ3n) is 3.14.